The summed E-state index contributed by atoms with van der Waals surface area (Å²) in [6.07, 6.45) is 1.84. The van der Waals surface area contributed by atoms with Crippen molar-refractivity contribution in [2.75, 3.05) is 0 Å². The van der Waals surface area contributed by atoms with Gasteiger partial charge in [0.05, 0.1) is 11.0 Å². The number of fused-ring (bicyclic) bond motifs is 7. The van der Waals surface area contributed by atoms with Crippen LogP contribution in [-0.2, 0) is 21.1 Å². The summed E-state index contributed by atoms with van der Waals surface area (Å²) in [5.41, 5.74) is 11.2. The zero-order chi connectivity index (χ0) is 31.8. The number of hydrogen-bond donors (Lipinski definition) is 0. The standard InChI is InChI=1S/C43H27N5.Pt/c1-27-21-24-37-42(40(27)28-22-23-32-31-15-6-8-19-36(31)48(38(32)26-28)39-20-9-10-25-44-39)46-43(47(37)29-12-3-2-4-13-29)34-17-11-16-33-30-14-5-7-18-35(30)45-41(33)34;/h2-25H,1H3;/q-2;+2. The van der Waals surface area contributed by atoms with Gasteiger partial charge in [-0.1, -0.05) is 108 Å². The summed E-state index contributed by atoms with van der Waals surface area (Å²) < 4.78 is 4.49. The summed E-state index contributed by atoms with van der Waals surface area (Å²) >= 11 is 0. The van der Waals surface area contributed by atoms with E-state index >= 15 is 0 Å². The van der Waals surface area contributed by atoms with Gasteiger partial charge in [-0.25, -0.2) is 9.97 Å². The quantitative estimate of drug-likeness (QED) is 0.167. The number of benzene rings is 6. The van der Waals surface area contributed by atoms with E-state index in [0.29, 0.717) is 0 Å². The predicted molar refractivity (Wildman–Crippen MR) is 196 cm³/mol. The molecule has 6 heteroatoms. The largest absolute Gasteiger partial charge is 2.00 e. The van der Waals surface area contributed by atoms with Crippen molar-refractivity contribution in [3.63, 3.8) is 0 Å². The second-order valence-electron chi connectivity index (χ2n) is 12.2. The van der Waals surface area contributed by atoms with Crippen LogP contribution in [0.4, 0.5) is 0 Å². The SMILES string of the molecule is Cc1ccc2c(nc(-c3cccc4c3[n-]c3ccccc34)n2-c2ccccc2)c1-c1[c-]c2c(cc1)c1ccccc1n2-c1ccccn1.[Pt+2]. The Morgan fingerprint density at radius 1 is 0.612 bits per heavy atom. The average Bonchev–Trinajstić information content (AvgIpc) is 3.82. The van der Waals surface area contributed by atoms with Gasteiger partial charge in [0.15, 0.2) is 0 Å². The monoisotopic (exact) mass is 808 g/mol. The minimum Gasteiger partial charge on any atom is -0.656 e. The molecule has 4 aromatic heterocycles. The van der Waals surface area contributed by atoms with Crippen molar-refractivity contribution in [2.24, 2.45) is 0 Å². The number of nitrogens with zero attached hydrogens (tertiary/aromatic N) is 5. The number of pyridine rings is 1. The third kappa shape index (κ3) is 4.43. The number of imidazole rings is 1. The first kappa shape index (κ1) is 29.4. The van der Waals surface area contributed by atoms with Crippen LogP contribution < -0.4 is 4.98 Å². The van der Waals surface area contributed by atoms with Gasteiger partial charge in [0, 0.05) is 23.0 Å². The topological polar surface area (TPSA) is 49.7 Å². The molecule has 0 aliphatic carbocycles. The maximum atomic E-state index is 5.50. The Balaban J connectivity index is 0.00000325. The molecule has 0 fully saturated rings. The van der Waals surface area contributed by atoms with Gasteiger partial charge in [0.2, 0.25) is 0 Å². The van der Waals surface area contributed by atoms with Crippen LogP contribution in [0.3, 0.4) is 0 Å². The first-order valence-corrected chi connectivity index (χ1v) is 16.1. The van der Waals surface area contributed by atoms with Crippen LogP contribution in [-0.4, -0.2) is 19.1 Å². The number of para-hydroxylation sites is 4. The molecule has 0 aliphatic heterocycles. The first-order chi connectivity index (χ1) is 23.7. The van der Waals surface area contributed by atoms with Crippen LogP contribution in [0.15, 0.2) is 146 Å². The zero-order valence-corrected chi connectivity index (χ0v) is 28.7. The molecule has 0 bridgehead atoms. The average molecular weight is 809 g/mol. The minimum absolute atomic E-state index is 0. The normalized spacial score (nSPS) is 11.6. The van der Waals surface area contributed by atoms with E-state index in [-0.39, 0.29) is 21.1 Å². The van der Waals surface area contributed by atoms with E-state index < -0.39 is 0 Å². The Morgan fingerprint density at radius 3 is 2.24 bits per heavy atom. The third-order valence-corrected chi connectivity index (χ3v) is 9.48. The molecule has 0 saturated carbocycles. The molecule has 0 spiro atoms. The van der Waals surface area contributed by atoms with Gasteiger partial charge in [-0.3, -0.25) is 4.57 Å². The Kier molecular flexibility index (Phi) is 6.85. The molecule has 5 nitrogen and oxygen atoms in total. The summed E-state index contributed by atoms with van der Waals surface area (Å²) in [4.78, 5) is 15.4. The van der Waals surface area contributed by atoms with Crippen molar-refractivity contribution in [1.82, 2.24) is 24.1 Å². The second-order valence-corrected chi connectivity index (χ2v) is 12.2. The first-order valence-electron chi connectivity index (χ1n) is 16.1. The van der Waals surface area contributed by atoms with Gasteiger partial charge in [0.1, 0.15) is 11.6 Å². The number of hydrogen-bond acceptors (Lipinski definition) is 2. The molecule has 4 heterocycles. The van der Waals surface area contributed by atoms with E-state index in [9.17, 15) is 0 Å². The fourth-order valence-electron chi connectivity index (χ4n) is 7.35. The van der Waals surface area contributed by atoms with Crippen LogP contribution in [0.5, 0.6) is 0 Å². The van der Waals surface area contributed by atoms with E-state index in [1.807, 2.05) is 30.5 Å². The maximum absolute atomic E-state index is 5.50. The molecule has 49 heavy (non-hydrogen) atoms. The van der Waals surface area contributed by atoms with E-state index in [0.717, 1.165) is 88.8 Å². The number of aromatic nitrogens is 5. The molecule has 0 aliphatic rings. The summed E-state index contributed by atoms with van der Waals surface area (Å²) in [6, 6.07) is 52.4. The van der Waals surface area contributed by atoms with Crippen molar-refractivity contribution in [1.29, 1.82) is 0 Å². The second kappa shape index (κ2) is 11.4. The molecule has 0 saturated heterocycles. The smallest absolute Gasteiger partial charge is 0.656 e. The molecule has 0 atom stereocenters. The van der Waals surface area contributed by atoms with Crippen LogP contribution >= 0.6 is 0 Å². The minimum atomic E-state index is 0. The van der Waals surface area contributed by atoms with Crippen LogP contribution in [0.2, 0.25) is 0 Å². The fraction of sp³-hybridized carbons (Fsp3) is 0.0233. The molecular formula is C43H27N5Pt. The van der Waals surface area contributed by atoms with Crippen molar-refractivity contribution < 1.29 is 21.1 Å². The maximum Gasteiger partial charge on any atom is 2.00 e. The third-order valence-electron chi connectivity index (χ3n) is 9.48. The Bertz CT molecular complexity index is 2840. The molecule has 10 rings (SSSR count). The molecule has 0 radical (unpaired) electrons. The zero-order valence-electron chi connectivity index (χ0n) is 26.4. The Labute approximate surface area is 296 Å². The molecule has 0 amide bonds. The predicted octanol–water partition coefficient (Wildman–Crippen LogP) is 10.2. The molecule has 234 valence electrons. The Morgan fingerprint density at radius 2 is 1.39 bits per heavy atom. The van der Waals surface area contributed by atoms with E-state index in [2.05, 4.69) is 137 Å². The molecular weight excluding hydrogens is 782 g/mol. The summed E-state index contributed by atoms with van der Waals surface area (Å²) in [7, 11) is 0. The van der Waals surface area contributed by atoms with E-state index in [1.165, 1.54) is 5.39 Å². The van der Waals surface area contributed by atoms with Gasteiger partial charge in [0.25, 0.3) is 0 Å². The van der Waals surface area contributed by atoms with E-state index in [4.69, 9.17) is 15.0 Å². The fourth-order valence-corrected chi connectivity index (χ4v) is 7.35. The van der Waals surface area contributed by atoms with Crippen LogP contribution in [0.1, 0.15) is 5.56 Å². The van der Waals surface area contributed by atoms with Gasteiger partial charge in [-0.15, -0.1) is 34.8 Å². The summed E-state index contributed by atoms with van der Waals surface area (Å²) in [5.74, 6) is 1.73. The van der Waals surface area contributed by atoms with Crippen LogP contribution in [0, 0.1) is 13.0 Å². The van der Waals surface area contributed by atoms with Gasteiger partial charge < -0.3 is 9.55 Å². The van der Waals surface area contributed by atoms with Crippen LogP contribution in [0.25, 0.3) is 88.7 Å². The summed E-state index contributed by atoms with van der Waals surface area (Å²) in [5, 5.41) is 4.60. The van der Waals surface area contributed by atoms with Gasteiger partial charge in [-0.05, 0) is 65.0 Å². The van der Waals surface area contributed by atoms with E-state index in [1.54, 1.807) is 0 Å². The number of aryl methyl sites for hydroxylation is 1. The summed E-state index contributed by atoms with van der Waals surface area (Å²) in [6.45, 7) is 2.16. The van der Waals surface area contributed by atoms with Crippen molar-refractivity contribution in [2.45, 2.75) is 6.92 Å². The van der Waals surface area contributed by atoms with Crippen molar-refractivity contribution >= 4 is 54.6 Å². The molecule has 6 aromatic carbocycles. The van der Waals surface area contributed by atoms with Crippen molar-refractivity contribution in [3.8, 4) is 34.0 Å². The Hall–Kier alpha value is -5.77. The van der Waals surface area contributed by atoms with Gasteiger partial charge >= 0.3 is 21.1 Å². The van der Waals surface area contributed by atoms with Crippen molar-refractivity contribution in [3.05, 3.63) is 157 Å². The molecule has 0 N–H and O–H groups in total. The molecule has 0 unspecified atom stereocenters. The van der Waals surface area contributed by atoms with Gasteiger partial charge in [-0.2, -0.15) is 0 Å². The molecule has 10 aromatic rings. The number of rotatable bonds is 4.